The predicted molar refractivity (Wildman–Crippen MR) is 91.8 cm³/mol. The number of hydrogen-bond donors (Lipinski definition) is 0. The zero-order valence-electron chi connectivity index (χ0n) is 13.9. The highest BCUT2D eigenvalue weighted by Gasteiger charge is 2.10. The second kappa shape index (κ2) is 8.58. The van der Waals surface area contributed by atoms with Crippen molar-refractivity contribution in [1.82, 2.24) is 9.55 Å². The Balaban J connectivity index is 1.97. The van der Waals surface area contributed by atoms with Crippen LogP contribution in [0.25, 0.3) is 11.0 Å². The van der Waals surface area contributed by atoms with E-state index in [0.717, 1.165) is 17.9 Å². The maximum Gasteiger partial charge on any atom is 0.124 e. The van der Waals surface area contributed by atoms with Crippen LogP contribution in [0.1, 0.15) is 63.3 Å². The number of fused-ring (bicyclic) bond motifs is 1. The first-order chi connectivity index (χ1) is 10.8. The molecule has 1 aromatic heterocycles. The molecule has 0 unspecified atom stereocenters. The average Bonchev–Trinajstić information content (AvgIpc) is 2.83. The highest BCUT2D eigenvalue weighted by Crippen LogP contribution is 2.19. The van der Waals surface area contributed by atoms with Crippen molar-refractivity contribution in [3.8, 4) is 6.07 Å². The third-order valence-electron chi connectivity index (χ3n) is 4.21. The first-order valence-electron chi connectivity index (χ1n) is 8.59. The normalized spacial score (nSPS) is 11.0. The summed E-state index contributed by atoms with van der Waals surface area (Å²) in [6, 6.07) is 8.62. The topological polar surface area (TPSA) is 41.6 Å². The molecule has 0 bridgehead atoms. The lowest BCUT2D eigenvalue weighted by Crippen LogP contribution is -2.03. The van der Waals surface area contributed by atoms with Crippen LogP contribution >= 0.6 is 0 Å². The number of benzene rings is 1. The van der Waals surface area contributed by atoms with E-state index in [1.54, 1.807) is 0 Å². The highest BCUT2D eigenvalue weighted by atomic mass is 15.1. The van der Waals surface area contributed by atoms with Gasteiger partial charge in [-0.25, -0.2) is 4.98 Å². The maximum atomic E-state index is 9.01. The van der Waals surface area contributed by atoms with Crippen LogP contribution in [0, 0.1) is 18.3 Å². The lowest BCUT2D eigenvalue weighted by atomic mass is 10.1. The molecule has 0 amide bonds. The van der Waals surface area contributed by atoms with Crippen LogP contribution in [0.3, 0.4) is 0 Å². The van der Waals surface area contributed by atoms with Crippen LogP contribution in [0.15, 0.2) is 18.2 Å². The van der Waals surface area contributed by atoms with Gasteiger partial charge in [0.25, 0.3) is 0 Å². The summed E-state index contributed by atoms with van der Waals surface area (Å²) >= 11 is 0. The predicted octanol–water partition coefficient (Wildman–Crippen LogP) is 5.16. The standard InChI is InChI=1S/C19H27N3/c1-3-4-5-6-7-8-9-14-22-18-11-10-16(2)15-17(18)21-19(22)12-13-20/h10-11,15H,3-9,12,14H2,1-2H3. The molecular weight excluding hydrogens is 270 g/mol. The molecule has 0 radical (unpaired) electrons. The number of imidazole rings is 1. The van der Waals surface area contributed by atoms with E-state index in [-0.39, 0.29) is 0 Å². The van der Waals surface area contributed by atoms with Gasteiger partial charge in [-0.3, -0.25) is 0 Å². The van der Waals surface area contributed by atoms with Crippen LogP contribution in [0.4, 0.5) is 0 Å². The molecule has 2 rings (SSSR count). The number of rotatable bonds is 9. The maximum absolute atomic E-state index is 9.01. The van der Waals surface area contributed by atoms with Gasteiger partial charge in [0.2, 0.25) is 0 Å². The summed E-state index contributed by atoms with van der Waals surface area (Å²) in [4.78, 5) is 4.64. The smallest absolute Gasteiger partial charge is 0.124 e. The molecule has 2 aromatic rings. The van der Waals surface area contributed by atoms with Crippen molar-refractivity contribution in [2.45, 2.75) is 71.8 Å². The van der Waals surface area contributed by atoms with Crippen molar-refractivity contribution in [3.05, 3.63) is 29.6 Å². The molecule has 0 atom stereocenters. The van der Waals surface area contributed by atoms with Crippen LogP contribution in [-0.4, -0.2) is 9.55 Å². The third-order valence-corrected chi connectivity index (χ3v) is 4.21. The Bertz CT molecular complexity index is 634. The molecule has 3 nitrogen and oxygen atoms in total. The Morgan fingerprint density at radius 1 is 1.09 bits per heavy atom. The van der Waals surface area contributed by atoms with Crippen molar-refractivity contribution in [2.75, 3.05) is 0 Å². The lowest BCUT2D eigenvalue weighted by Gasteiger charge is -2.08. The summed E-state index contributed by atoms with van der Waals surface area (Å²) in [7, 11) is 0. The molecule has 0 N–H and O–H groups in total. The van der Waals surface area contributed by atoms with Gasteiger partial charge < -0.3 is 4.57 Å². The number of aryl methyl sites for hydroxylation is 2. The van der Waals surface area contributed by atoms with Gasteiger partial charge in [0, 0.05) is 6.54 Å². The number of nitrogens with zero attached hydrogens (tertiary/aromatic N) is 3. The summed E-state index contributed by atoms with van der Waals surface area (Å²) in [6.07, 6.45) is 9.52. The molecule has 0 aliphatic rings. The average molecular weight is 297 g/mol. The van der Waals surface area contributed by atoms with Gasteiger partial charge in [0.15, 0.2) is 0 Å². The zero-order valence-corrected chi connectivity index (χ0v) is 13.9. The first-order valence-corrected chi connectivity index (χ1v) is 8.59. The van der Waals surface area contributed by atoms with Crippen LogP contribution in [0.2, 0.25) is 0 Å². The second-order valence-corrected chi connectivity index (χ2v) is 6.13. The van der Waals surface area contributed by atoms with E-state index < -0.39 is 0 Å². The van der Waals surface area contributed by atoms with Gasteiger partial charge in [-0.05, 0) is 31.0 Å². The van der Waals surface area contributed by atoms with Crippen molar-refractivity contribution in [3.63, 3.8) is 0 Å². The Morgan fingerprint density at radius 3 is 2.55 bits per heavy atom. The second-order valence-electron chi connectivity index (χ2n) is 6.13. The molecule has 22 heavy (non-hydrogen) atoms. The molecular formula is C19H27N3. The molecule has 0 fully saturated rings. The fourth-order valence-corrected chi connectivity index (χ4v) is 2.97. The van der Waals surface area contributed by atoms with Crippen molar-refractivity contribution >= 4 is 11.0 Å². The van der Waals surface area contributed by atoms with E-state index in [0.29, 0.717) is 6.42 Å². The summed E-state index contributed by atoms with van der Waals surface area (Å²) in [5, 5.41) is 9.01. The van der Waals surface area contributed by atoms with E-state index in [9.17, 15) is 0 Å². The van der Waals surface area contributed by atoms with E-state index in [1.165, 1.54) is 56.0 Å². The summed E-state index contributed by atoms with van der Waals surface area (Å²) in [5.74, 6) is 0.911. The number of nitriles is 1. The lowest BCUT2D eigenvalue weighted by molar-refractivity contribution is 0.548. The van der Waals surface area contributed by atoms with Gasteiger partial charge in [0.1, 0.15) is 5.82 Å². The summed E-state index contributed by atoms with van der Waals surface area (Å²) in [5.41, 5.74) is 3.41. The van der Waals surface area contributed by atoms with Crippen molar-refractivity contribution < 1.29 is 0 Å². The molecule has 0 saturated heterocycles. The van der Waals surface area contributed by atoms with Crippen molar-refractivity contribution in [1.29, 1.82) is 5.26 Å². The molecule has 1 aromatic carbocycles. The Kier molecular flexibility index (Phi) is 6.45. The van der Waals surface area contributed by atoms with Crippen LogP contribution < -0.4 is 0 Å². The van der Waals surface area contributed by atoms with Crippen LogP contribution in [0.5, 0.6) is 0 Å². The molecule has 0 spiro atoms. The Hall–Kier alpha value is -1.82. The quantitative estimate of drug-likeness (QED) is 0.600. The minimum Gasteiger partial charge on any atom is -0.327 e. The fourth-order valence-electron chi connectivity index (χ4n) is 2.97. The summed E-state index contributed by atoms with van der Waals surface area (Å²) in [6.45, 7) is 5.31. The highest BCUT2D eigenvalue weighted by molar-refractivity contribution is 5.77. The van der Waals surface area contributed by atoms with E-state index in [4.69, 9.17) is 5.26 Å². The van der Waals surface area contributed by atoms with Gasteiger partial charge in [-0.2, -0.15) is 5.26 Å². The van der Waals surface area contributed by atoms with Crippen molar-refractivity contribution in [2.24, 2.45) is 0 Å². The molecule has 0 saturated carbocycles. The van der Waals surface area contributed by atoms with E-state index in [1.807, 2.05) is 0 Å². The Morgan fingerprint density at radius 2 is 1.82 bits per heavy atom. The molecule has 0 aliphatic heterocycles. The largest absolute Gasteiger partial charge is 0.327 e. The van der Waals surface area contributed by atoms with Gasteiger partial charge in [0.05, 0.1) is 23.5 Å². The number of unbranched alkanes of at least 4 members (excludes halogenated alkanes) is 6. The van der Waals surface area contributed by atoms with E-state index >= 15 is 0 Å². The van der Waals surface area contributed by atoms with Gasteiger partial charge >= 0.3 is 0 Å². The monoisotopic (exact) mass is 297 g/mol. The summed E-state index contributed by atoms with van der Waals surface area (Å²) < 4.78 is 2.24. The van der Waals surface area contributed by atoms with E-state index in [2.05, 4.69) is 47.7 Å². The van der Waals surface area contributed by atoms with Crippen LogP contribution in [-0.2, 0) is 13.0 Å². The molecule has 0 aliphatic carbocycles. The van der Waals surface area contributed by atoms with Gasteiger partial charge in [-0.15, -0.1) is 0 Å². The Labute approximate surface area is 134 Å². The minimum atomic E-state index is 0.393. The molecule has 118 valence electrons. The molecule has 1 heterocycles. The van der Waals surface area contributed by atoms with Gasteiger partial charge in [-0.1, -0.05) is 51.5 Å². The zero-order chi connectivity index (χ0) is 15.8. The SMILES string of the molecule is CCCCCCCCCn1c(CC#N)nc2cc(C)ccc21. The number of aromatic nitrogens is 2. The molecule has 3 heteroatoms. The number of hydrogen-bond acceptors (Lipinski definition) is 2. The first kappa shape index (κ1) is 16.5. The minimum absolute atomic E-state index is 0.393. The fraction of sp³-hybridized carbons (Fsp3) is 0.579. The third kappa shape index (κ3) is 4.34.